The van der Waals surface area contributed by atoms with Crippen LogP contribution in [0.15, 0.2) is 41.2 Å². The van der Waals surface area contributed by atoms with Crippen LogP contribution in [0.4, 0.5) is 35.1 Å². The van der Waals surface area contributed by atoms with E-state index in [0.717, 1.165) is 46.6 Å². The van der Waals surface area contributed by atoms with Gasteiger partial charge in [0.1, 0.15) is 17.0 Å². The number of carbonyl (C=O) groups is 3. The molecule has 1 saturated carbocycles. The minimum atomic E-state index is -5.08. The maximum atomic E-state index is 12.6. The van der Waals surface area contributed by atoms with Crippen molar-refractivity contribution in [3.63, 3.8) is 0 Å². The number of carboxylic acids is 2. The third kappa shape index (κ3) is 18.1. The van der Waals surface area contributed by atoms with Crippen molar-refractivity contribution in [2.45, 2.75) is 82.8 Å². The van der Waals surface area contributed by atoms with Gasteiger partial charge in [-0.3, -0.25) is 14.5 Å². The molecular weight excluding hydrogens is 776 g/mol. The molecule has 308 valence electrons. The lowest BCUT2D eigenvalue weighted by Gasteiger charge is -2.31. The van der Waals surface area contributed by atoms with Gasteiger partial charge in [-0.25, -0.2) is 9.59 Å². The lowest BCUT2D eigenvalue weighted by Crippen LogP contribution is -2.40. The molecule has 3 aromatic rings. The molecule has 4 rings (SSSR count). The monoisotopic (exact) mass is 818 g/mol. The molecule has 0 atom stereocenters. The first-order valence-corrected chi connectivity index (χ1v) is 17.8. The minimum absolute atomic E-state index is 0.00935. The molecule has 2 aromatic carbocycles. The molecule has 6 N–H and O–H groups in total. The van der Waals surface area contributed by atoms with E-state index in [1.165, 1.54) is 31.7 Å². The van der Waals surface area contributed by atoms with E-state index in [1.54, 1.807) is 18.2 Å². The standard InChI is InChI=1S/C30H40F2N4O4S.2C2HF3O2/c31-29(32)40-24-9-5-6-21(20-24)13-18-36(23-7-3-1-2-4-8-23)19-14-26(38)34-17-16-33-15-12-22-10-11-25(37)27-28(22)41-30(39)35-27;2*3-2(4,5)1(6)7/h5-6,9-11,20,23,29,33,37H,1-4,7-8,12-19H2,(H,34,38)(H,35,39);2*(H,6,7). The van der Waals surface area contributed by atoms with Crippen LogP contribution in [-0.2, 0) is 27.2 Å². The third-order valence-electron chi connectivity index (χ3n) is 8.10. The van der Waals surface area contributed by atoms with Crippen molar-refractivity contribution in [3.8, 4) is 11.5 Å². The highest BCUT2D eigenvalue weighted by Crippen LogP contribution is 2.28. The highest BCUT2D eigenvalue weighted by molar-refractivity contribution is 7.16. The van der Waals surface area contributed by atoms with Crippen LogP contribution >= 0.6 is 11.3 Å². The summed E-state index contributed by atoms with van der Waals surface area (Å²) in [6.07, 6.45) is -1.25. The quantitative estimate of drug-likeness (QED) is 0.0599. The molecule has 0 spiro atoms. The number of amides is 1. The molecule has 0 saturated heterocycles. The van der Waals surface area contributed by atoms with Crippen LogP contribution < -0.4 is 20.2 Å². The van der Waals surface area contributed by atoms with Crippen LogP contribution in [0, 0.1) is 0 Å². The number of halogens is 8. The topological polar surface area (TPSA) is 181 Å². The van der Waals surface area contributed by atoms with Gasteiger partial charge in [0.2, 0.25) is 5.91 Å². The van der Waals surface area contributed by atoms with Crippen LogP contribution in [0.25, 0.3) is 10.2 Å². The van der Waals surface area contributed by atoms with E-state index in [4.69, 9.17) is 19.8 Å². The summed E-state index contributed by atoms with van der Waals surface area (Å²) < 4.78 is 94.0. The molecule has 0 unspecified atom stereocenters. The Kier molecular flexibility index (Phi) is 19.3. The van der Waals surface area contributed by atoms with Crippen molar-refractivity contribution in [3.05, 3.63) is 57.2 Å². The number of alkyl halides is 8. The van der Waals surface area contributed by atoms with E-state index in [9.17, 15) is 49.8 Å². The highest BCUT2D eigenvalue weighted by Gasteiger charge is 2.39. The molecule has 1 aliphatic carbocycles. The molecule has 0 aliphatic heterocycles. The van der Waals surface area contributed by atoms with Crippen molar-refractivity contribution in [2.24, 2.45) is 0 Å². The Balaban J connectivity index is 0.000000633. The Morgan fingerprint density at radius 3 is 2.09 bits per heavy atom. The molecule has 1 aliphatic rings. The summed E-state index contributed by atoms with van der Waals surface area (Å²) in [5.74, 6) is -5.26. The first kappa shape index (κ1) is 46.7. The van der Waals surface area contributed by atoms with E-state index < -0.39 is 30.9 Å². The number of aromatic hydroxyl groups is 1. The van der Waals surface area contributed by atoms with Gasteiger partial charge in [-0.05, 0) is 61.6 Å². The van der Waals surface area contributed by atoms with E-state index in [-0.39, 0.29) is 22.3 Å². The average molecular weight is 819 g/mol. The number of H-pyrrole nitrogens is 1. The number of aliphatic carboxylic acids is 2. The maximum absolute atomic E-state index is 12.6. The molecule has 21 heteroatoms. The second-order valence-electron chi connectivity index (χ2n) is 12.1. The predicted molar refractivity (Wildman–Crippen MR) is 186 cm³/mol. The van der Waals surface area contributed by atoms with Gasteiger partial charge in [0.25, 0.3) is 0 Å². The molecule has 55 heavy (non-hydrogen) atoms. The van der Waals surface area contributed by atoms with Gasteiger partial charge in [-0.2, -0.15) is 35.1 Å². The minimum Gasteiger partial charge on any atom is -0.506 e. The number of aromatic amines is 1. The van der Waals surface area contributed by atoms with Crippen LogP contribution in [0.2, 0.25) is 0 Å². The predicted octanol–water partition coefficient (Wildman–Crippen LogP) is 6.07. The number of hydrogen-bond donors (Lipinski definition) is 6. The van der Waals surface area contributed by atoms with Crippen molar-refractivity contribution >= 4 is 39.4 Å². The number of aromatic nitrogens is 1. The number of carboxylic acid groups (broad SMARTS) is 2. The molecule has 1 fully saturated rings. The van der Waals surface area contributed by atoms with Gasteiger partial charge in [0, 0.05) is 38.6 Å². The highest BCUT2D eigenvalue weighted by atomic mass is 32.1. The Bertz CT molecular complexity index is 1690. The Hall–Kier alpha value is -4.50. The van der Waals surface area contributed by atoms with Gasteiger partial charge in [0.15, 0.2) is 0 Å². The fourth-order valence-electron chi connectivity index (χ4n) is 5.49. The molecule has 1 amide bonds. The first-order chi connectivity index (χ1) is 25.8. The number of phenols is 1. The number of benzene rings is 2. The van der Waals surface area contributed by atoms with Crippen LogP contribution in [-0.4, -0.2) is 101 Å². The fourth-order valence-corrected chi connectivity index (χ4v) is 6.39. The SMILES string of the molecule is O=C(CCN(CCc1cccc(OC(F)F)c1)C1CCCCCC1)NCCNCCc1ccc(O)c2[nH]c(=O)sc12.O=C(O)C(F)(F)F.O=C(O)C(F)(F)F. The fraction of sp³-hybridized carbons (Fsp3) is 0.529. The largest absolute Gasteiger partial charge is 0.506 e. The smallest absolute Gasteiger partial charge is 0.490 e. The summed E-state index contributed by atoms with van der Waals surface area (Å²) in [7, 11) is 0. The van der Waals surface area contributed by atoms with Gasteiger partial charge in [0.05, 0.1) is 4.70 Å². The lowest BCUT2D eigenvalue weighted by molar-refractivity contribution is -0.193. The summed E-state index contributed by atoms with van der Waals surface area (Å²) >= 11 is 1.10. The summed E-state index contributed by atoms with van der Waals surface area (Å²) in [5.41, 5.74) is 2.41. The number of nitrogens with zero attached hydrogens (tertiary/aromatic N) is 1. The van der Waals surface area contributed by atoms with Gasteiger partial charge >= 0.3 is 35.8 Å². The Morgan fingerprint density at radius 1 is 0.891 bits per heavy atom. The van der Waals surface area contributed by atoms with E-state index in [2.05, 4.69) is 25.3 Å². The van der Waals surface area contributed by atoms with Crippen LogP contribution in [0.3, 0.4) is 0 Å². The van der Waals surface area contributed by atoms with Crippen molar-refractivity contribution in [2.75, 3.05) is 32.7 Å². The summed E-state index contributed by atoms with van der Waals surface area (Å²) in [6, 6.07) is 10.7. The number of carbonyl (C=O) groups excluding carboxylic acids is 1. The maximum Gasteiger partial charge on any atom is 0.490 e. The normalized spacial score (nSPS) is 13.7. The van der Waals surface area contributed by atoms with Gasteiger partial charge in [-0.1, -0.05) is 55.2 Å². The summed E-state index contributed by atoms with van der Waals surface area (Å²) in [6.45, 7) is 0.401. The number of fused-ring (bicyclic) bond motifs is 1. The molecule has 1 heterocycles. The summed E-state index contributed by atoms with van der Waals surface area (Å²) in [4.78, 5) is 47.0. The summed E-state index contributed by atoms with van der Waals surface area (Å²) in [5, 5.41) is 30.5. The van der Waals surface area contributed by atoms with Gasteiger partial charge < -0.3 is 35.7 Å². The second kappa shape index (κ2) is 22.8. The number of hydrogen-bond acceptors (Lipinski definition) is 9. The molecular formula is C34H42F8N4O8S. The molecule has 1 aromatic heterocycles. The van der Waals surface area contributed by atoms with Crippen molar-refractivity contribution in [1.82, 2.24) is 20.5 Å². The van der Waals surface area contributed by atoms with E-state index in [1.807, 2.05) is 12.1 Å². The molecule has 12 nitrogen and oxygen atoms in total. The molecule has 0 bridgehead atoms. The molecule has 0 radical (unpaired) electrons. The zero-order valence-electron chi connectivity index (χ0n) is 29.3. The Morgan fingerprint density at radius 2 is 1.51 bits per heavy atom. The van der Waals surface area contributed by atoms with Crippen LogP contribution in [0.1, 0.15) is 56.1 Å². The third-order valence-corrected chi connectivity index (χ3v) is 9.06. The number of thiazole rings is 1. The zero-order chi connectivity index (χ0) is 41.2. The number of phenolic OH excluding ortho intramolecular Hbond substituents is 1. The van der Waals surface area contributed by atoms with Crippen molar-refractivity contribution in [1.29, 1.82) is 0 Å². The van der Waals surface area contributed by atoms with E-state index >= 15 is 0 Å². The average Bonchev–Trinajstić information content (AvgIpc) is 3.30. The number of nitrogens with one attached hydrogen (secondary N) is 3. The van der Waals surface area contributed by atoms with Crippen molar-refractivity contribution < 1.29 is 69.6 Å². The Labute approximate surface area is 313 Å². The second-order valence-corrected chi connectivity index (χ2v) is 13.1. The van der Waals surface area contributed by atoms with Gasteiger partial charge in [-0.15, -0.1) is 0 Å². The van der Waals surface area contributed by atoms with Crippen LogP contribution in [0.5, 0.6) is 11.5 Å². The van der Waals surface area contributed by atoms with E-state index in [0.29, 0.717) is 57.0 Å². The number of ether oxygens (including phenoxy) is 1. The zero-order valence-corrected chi connectivity index (χ0v) is 30.1. The lowest BCUT2D eigenvalue weighted by atomic mass is 10.0. The first-order valence-electron chi connectivity index (χ1n) is 17.0. The number of rotatable bonds is 15.